The minimum Gasteiger partial charge on any atom is -0.366 e. The Hall–Kier alpha value is -3.55. The van der Waals surface area contributed by atoms with Crippen molar-refractivity contribution in [3.8, 4) is 11.1 Å². The largest absolute Gasteiger partial charge is 0.416 e. The summed E-state index contributed by atoms with van der Waals surface area (Å²) in [4.78, 5) is 20.1. The van der Waals surface area contributed by atoms with E-state index in [9.17, 15) is 18.0 Å². The number of anilines is 2. The van der Waals surface area contributed by atoms with Gasteiger partial charge in [0.2, 0.25) is 5.91 Å². The predicted octanol–water partition coefficient (Wildman–Crippen LogP) is 4.89. The van der Waals surface area contributed by atoms with E-state index >= 15 is 0 Å². The number of amides is 1. The molecule has 3 aromatic rings. The van der Waals surface area contributed by atoms with Crippen LogP contribution in [-0.2, 0) is 6.18 Å². The van der Waals surface area contributed by atoms with E-state index in [1.54, 1.807) is 25.1 Å². The van der Waals surface area contributed by atoms with Gasteiger partial charge in [-0.05, 0) is 66.9 Å². The Bertz CT molecular complexity index is 1160. The van der Waals surface area contributed by atoms with Gasteiger partial charge in [0.25, 0.3) is 0 Å². The average Bonchev–Trinajstić information content (AvgIpc) is 2.78. The number of alkyl halides is 3. The minimum absolute atomic E-state index is 0.181. The zero-order chi connectivity index (χ0) is 23.8. The topological polar surface area (TPSA) is 62.5 Å². The van der Waals surface area contributed by atoms with E-state index in [0.717, 1.165) is 48.3 Å². The number of aryl methyl sites for hydroxylation is 1. The fraction of sp³-hybridized carbons (Fsp3) is 0.280. The van der Waals surface area contributed by atoms with Gasteiger partial charge < -0.3 is 15.5 Å². The van der Waals surface area contributed by atoms with Crippen molar-refractivity contribution in [3.05, 3.63) is 77.5 Å². The summed E-state index contributed by atoms with van der Waals surface area (Å²) in [5.74, 6) is 0.288. The number of piperazine rings is 1. The van der Waals surface area contributed by atoms with Crippen LogP contribution >= 0.6 is 0 Å². The summed E-state index contributed by atoms with van der Waals surface area (Å²) in [6, 6.07) is 15.4. The summed E-state index contributed by atoms with van der Waals surface area (Å²) in [6.07, 6.45) is -2.86. The molecule has 2 aromatic carbocycles. The number of nitrogens with zero attached hydrogens (tertiary/aromatic N) is 3. The summed E-state index contributed by atoms with van der Waals surface area (Å²) in [6.45, 7) is 6.08. The van der Waals surface area contributed by atoms with E-state index in [1.165, 1.54) is 12.3 Å². The molecule has 5 nitrogen and oxygen atoms in total. The molecule has 1 atom stereocenters. The Balaban J connectivity index is 1.52. The van der Waals surface area contributed by atoms with Gasteiger partial charge in [-0.3, -0.25) is 4.79 Å². The Labute approximate surface area is 190 Å². The van der Waals surface area contributed by atoms with Gasteiger partial charge in [-0.1, -0.05) is 18.2 Å². The van der Waals surface area contributed by atoms with E-state index in [2.05, 4.69) is 21.7 Å². The van der Waals surface area contributed by atoms with Gasteiger partial charge in [0, 0.05) is 37.6 Å². The molecule has 33 heavy (non-hydrogen) atoms. The first-order valence-electron chi connectivity index (χ1n) is 10.7. The normalized spacial score (nSPS) is 16.7. The molecule has 0 unspecified atom stereocenters. The lowest BCUT2D eigenvalue weighted by atomic mass is 9.97. The first-order chi connectivity index (χ1) is 15.6. The number of pyridine rings is 1. The fourth-order valence-corrected chi connectivity index (χ4v) is 4.28. The number of halogens is 3. The van der Waals surface area contributed by atoms with Crippen LogP contribution < -0.4 is 15.5 Å². The molecule has 1 aromatic heterocycles. The molecule has 1 amide bonds. The monoisotopic (exact) mass is 454 g/mol. The highest BCUT2D eigenvalue weighted by Crippen LogP contribution is 2.34. The van der Waals surface area contributed by atoms with Crippen molar-refractivity contribution in [3.63, 3.8) is 0 Å². The highest BCUT2D eigenvalue weighted by Gasteiger charge is 2.31. The van der Waals surface area contributed by atoms with E-state index in [4.69, 9.17) is 5.73 Å². The smallest absolute Gasteiger partial charge is 0.366 e. The van der Waals surface area contributed by atoms with Crippen LogP contribution in [0, 0.1) is 6.92 Å². The molecular formula is C25H25F3N4O. The molecule has 2 N–H and O–H groups in total. The first kappa shape index (κ1) is 22.6. The standard InChI is InChI=1S/C25H25F3N4O/c1-16-12-20(25(26,27)28)7-8-22(16)18-4-3-5-21(13-18)32-11-10-31(15-17(32)2)23-9-6-19(14-30-23)24(29)33/h3-9,12-14,17H,10-11,15H2,1-2H3,(H2,29,33)/t17-/m1/s1. The maximum absolute atomic E-state index is 13.0. The van der Waals surface area contributed by atoms with Crippen LogP contribution in [0.5, 0.6) is 0 Å². The number of rotatable bonds is 4. The van der Waals surface area contributed by atoms with E-state index in [0.29, 0.717) is 11.1 Å². The first-order valence-corrected chi connectivity index (χ1v) is 10.7. The third kappa shape index (κ3) is 4.79. The van der Waals surface area contributed by atoms with Crippen molar-refractivity contribution in [2.24, 2.45) is 5.73 Å². The van der Waals surface area contributed by atoms with E-state index in [1.807, 2.05) is 24.3 Å². The number of nitrogens with two attached hydrogens (primary N) is 1. The molecule has 2 heterocycles. The zero-order valence-electron chi connectivity index (χ0n) is 18.4. The maximum atomic E-state index is 13.0. The van der Waals surface area contributed by atoms with Gasteiger partial charge in [0.1, 0.15) is 5.82 Å². The lowest BCUT2D eigenvalue weighted by Gasteiger charge is -2.42. The van der Waals surface area contributed by atoms with Crippen molar-refractivity contribution in [2.75, 3.05) is 29.4 Å². The number of aromatic nitrogens is 1. The summed E-state index contributed by atoms with van der Waals surface area (Å²) in [5.41, 5.74) is 8.31. The third-order valence-corrected chi connectivity index (χ3v) is 6.03. The summed E-state index contributed by atoms with van der Waals surface area (Å²) in [5, 5.41) is 0. The van der Waals surface area contributed by atoms with Gasteiger partial charge in [-0.15, -0.1) is 0 Å². The SMILES string of the molecule is Cc1cc(C(F)(F)F)ccc1-c1cccc(N2CCN(c3ccc(C(N)=O)cn3)C[C@H]2C)c1. The quantitative estimate of drug-likeness (QED) is 0.610. The maximum Gasteiger partial charge on any atom is 0.416 e. The number of primary amides is 1. The Morgan fingerprint density at radius 3 is 2.48 bits per heavy atom. The second kappa shape index (κ2) is 8.77. The van der Waals surface area contributed by atoms with Gasteiger partial charge >= 0.3 is 6.18 Å². The van der Waals surface area contributed by atoms with Crippen LogP contribution in [0.4, 0.5) is 24.7 Å². The molecule has 8 heteroatoms. The Kier molecular flexibility index (Phi) is 6.01. The minimum atomic E-state index is -4.35. The van der Waals surface area contributed by atoms with Crippen LogP contribution in [0.2, 0.25) is 0 Å². The highest BCUT2D eigenvalue weighted by molar-refractivity contribution is 5.92. The molecule has 172 valence electrons. The second-order valence-corrected chi connectivity index (χ2v) is 8.34. The average molecular weight is 454 g/mol. The molecule has 1 aliphatic rings. The van der Waals surface area contributed by atoms with Gasteiger partial charge in [0.05, 0.1) is 11.1 Å². The molecule has 0 radical (unpaired) electrons. The molecule has 1 saturated heterocycles. The number of hydrogen-bond acceptors (Lipinski definition) is 4. The van der Waals surface area contributed by atoms with Crippen LogP contribution in [0.25, 0.3) is 11.1 Å². The van der Waals surface area contributed by atoms with Crippen LogP contribution in [-0.4, -0.2) is 36.6 Å². The number of carbonyl (C=O) groups is 1. The molecule has 1 fully saturated rings. The van der Waals surface area contributed by atoms with Crippen molar-refractivity contribution in [2.45, 2.75) is 26.1 Å². The number of carbonyl (C=O) groups excluding carboxylic acids is 1. The van der Waals surface area contributed by atoms with Crippen molar-refractivity contribution in [1.29, 1.82) is 0 Å². The number of hydrogen-bond donors (Lipinski definition) is 1. The molecule has 0 aliphatic carbocycles. The lowest BCUT2D eigenvalue weighted by molar-refractivity contribution is -0.137. The van der Waals surface area contributed by atoms with Crippen molar-refractivity contribution < 1.29 is 18.0 Å². The van der Waals surface area contributed by atoms with Crippen LogP contribution in [0.1, 0.15) is 28.4 Å². The van der Waals surface area contributed by atoms with E-state index < -0.39 is 17.6 Å². The summed E-state index contributed by atoms with van der Waals surface area (Å²) < 4.78 is 39.1. The predicted molar refractivity (Wildman–Crippen MR) is 123 cm³/mol. The zero-order valence-corrected chi connectivity index (χ0v) is 18.4. The van der Waals surface area contributed by atoms with Crippen LogP contribution in [0.15, 0.2) is 60.8 Å². The summed E-state index contributed by atoms with van der Waals surface area (Å²) in [7, 11) is 0. The molecular weight excluding hydrogens is 429 g/mol. The third-order valence-electron chi connectivity index (χ3n) is 6.03. The Morgan fingerprint density at radius 2 is 1.88 bits per heavy atom. The molecule has 0 bridgehead atoms. The Morgan fingerprint density at radius 1 is 1.09 bits per heavy atom. The van der Waals surface area contributed by atoms with Gasteiger partial charge in [0.15, 0.2) is 0 Å². The van der Waals surface area contributed by atoms with Crippen LogP contribution in [0.3, 0.4) is 0 Å². The molecule has 4 rings (SSSR count). The van der Waals surface area contributed by atoms with Gasteiger partial charge in [-0.2, -0.15) is 13.2 Å². The highest BCUT2D eigenvalue weighted by atomic mass is 19.4. The number of benzene rings is 2. The van der Waals surface area contributed by atoms with Crippen molar-refractivity contribution in [1.82, 2.24) is 4.98 Å². The summed E-state index contributed by atoms with van der Waals surface area (Å²) >= 11 is 0. The molecule has 0 saturated carbocycles. The molecule has 0 spiro atoms. The lowest BCUT2D eigenvalue weighted by Crippen LogP contribution is -2.52. The molecule has 1 aliphatic heterocycles. The fourth-order valence-electron chi connectivity index (χ4n) is 4.28. The second-order valence-electron chi connectivity index (χ2n) is 8.34. The van der Waals surface area contributed by atoms with Crippen molar-refractivity contribution >= 4 is 17.4 Å². The van der Waals surface area contributed by atoms with Gasteiger partial charge in [-0.25, -0.2) is 4.98 Å². The van der Waals surface area contributed by atoms with E-state index in [-0.39, 0.29) is 6.04 Å².